The summed E-state index contributed by atoms with van der Waals surface area (Å²) in [4.78, 5) is 4.23. The lowest BCUT2D eigenvalue weighted by Gasteiger charge is -2.07. The van der Waals surface area contributed by atoms with E-state index in [1.807, 2.05) is 0 Å². The van der Waals surface area contributed by atoms with Crippen molar-refractivity contribution in [1.82, 2.24) is 4.98 Å². The van der Waals surface area contributed by atoms with Crippen molar-refractivity contribution >= 4 is 15.7 Å². The average molecular weight is 238 g/mol. The molecule has 1 rings (SSSR count). The number of hydrogen-bond donors (Lipinski definition) is 1. The van der Waals surface area contributed by atoms with Gasteiger partial charge in [-0.1, -0.05) is 0 Å². The van der Waals surface area contributed by atoms with Gasteiger partial charge in [0.25, 0.3) is 0 Å². The molecule has 0 aliphatic carbocycles. The van der Waals surface area contributed by atoms with Gasteiger partial charge in [0.1, 0.15) is 10.7 Å². The molecule has 0 saturated carbocycles. The molecule has 4 nitrogen and oxygen atoms in total. The van der Waals surface area contributed by atoms with Gasteiger partial charge in [0.05, 0.1) is 0 Å². The highest BCUT2D eigenvalue weighted by atomic mass is 32.2. The van der Waals surface area contributed by atoms with Crippen molar-refractivity contribution in [2.24, 2.45) is 0 Å². The lowest BCUT2D eigenvalue weighted by molar-refractivity contribution is 0.602. The molecular weight excluding hydrogens is 224 g/mol. The topological polar surface area (TPSA) is 59.1 Å². The summed E-state index contributed by atoms with van der Waals surface area (Å²) >= 11 is 0. The molecule has 0 aliphatic rings. The van der Waals surface area contributed by atoms with Crippen LogP contribution in [0.25, 0.3) is 0 Å². The zero-order valence-corrected chi connectivity index (χ0v) is 10.1. The first kappa shape index (κ1) is 12.5. The Morgan fingerprint density at radius 2 is 2.25 bits per heavy atom. The molecule has 0 atom stereocenters. The molecule has 0 unspecified atom stereocenters. The zero-order chi connectivity index (χ0) is 12.0. The van der Waals surface area contributed by atoms with Crippen LogP contribution in [0.2, 0.25) is 0 Å². The van der Waals surface area contributed by atoms with E-state index in [4.69, 9.17) is 0 Å². The van der Waals surface area contributed by atoms with Crippen LogP contribution in [0.4, 0.5) is 5.82 Å². The Kier molecular flexibility index (Phi) is 4.32. The summed E-state index contributed by atoms with van der Waals surface area (Å²) < 4.78 is 22.9. The minimum Gasteiger partial charge on any atom is -0.368 e. The smallest absolute Gasteiger partial charge is 0.179 e. The van der Waals surface area contributed by atoms with Gasteiger partial charge in [0.2, 0.25) is 0 Å². The number of nitrogens with zero attached hydrogens (tertiary/aromatic N) is 1. The fourth-order valence-corrected chi connectivity index (χ4v) is 1.99. The fraction of sp³-hybridized carbons (Fsp3) is 0.364. The van der Waals surface area contributed by atoms with Crippen molar-refractivity contribution in [3.05, 3.63) is 18.3 Å². The van der Waals surface area contributed by atoms with E-state index in [0.29, 0.717) is 18.8 Å². The SMILES string of the molecule is CC#CCCNc1ncccc1S(C)(=O)=O. The third-order valence-corrected chi connectivity index (χ3v) is 3.02. The third kappa shape index (κ3) is 3.55. The Balaban J connectivity index is 2.83. The van der Waals surface area contributed by atoms with Crippen LogP contribution >= 0.6 is 0 Å². The minimum atomic E-state index is -3.24. The Hall–Kier alpha value is -1.54. The van der Waals surface area contributed by atoms with E-state index in [1.165, 1.54) is 12.3 Å². The molecule has 86 valence electrons. The highest BCUT2D eigenvalue weighted by Crippen LogP contribution is 2.17. The first-order chi connectivity index (χ1) is 7.55. The standard InChI is InChI=1S/C11H14N2O2S/c1-3-4-5-8-12-11-10(16(2,14)15)7-6-9-13-11/h6-7,9H,5,8H2,1-2H3,(H,12,13). The minimum absolute atomic E-state index is 0.222. The van der Waals surface area contributed by atoms with Crippen LogP contribution in [0.15, 0.2) is 23.2 Å². The van der Waals surface area contributed by atoms with E-state index in [-0.39, 0.29) is 4.90 Å². The second-order valence-electron chi connectivity index (χ2n) is 3.23. The van der Waals surface area contributed by atoms with Crippen molar-refractivity contribution in [2.75, 3.05) is 18.1 Å². The van der Waals surface area contributed by atoms with Crippen LogP contribution in [0, 0.1) is 11.8 Å². The molecule has 1 aromatic heterocycles. The lowest BCUT2D eigenvalue weighted by atomic mass is 10.4. The molecule has 0 fully saturated rings. The highest BCUT2D eigenvalue weighted by molar-refractivity contribution is 7.90. The normalized spacial score (nSPS) is 10.4. The maximum atomic E-state index is 11.4. The Morgan fingerprint density at radius 1 is 1.50 bits per heavy atom. The van der Waals surface area contributed by atoms with Gasteiger partial charge in [-0.25, -0.2) is 13.4 Å². The fourth-order valence-electron chi connectivity index (χ4n) is 1.19. The van der Waals surface area contributed by atoms with Gasteiger partial charge in [-0.15, -0.1) is 11.8 Å². The Morgan fingerprint density at radius 3 is 2.88 bits per heavy atom. The van der Waals surface area contributed by atoms with Crippen LogP contribution in [-0.4, -0.2) is 26.2 Å². The maximum Gasteiger partial charge on any atom is 0.179 e. The molecule has 1 heterocycles. The predicted molar refractivity (Wildman–Crippen MR) is 63.9 cm³/mol. The summed E-state index contributed by atoms with van der Waals surface area (Å²) in [5, 5.41) is 2.96. The number of anilines is 1. The van der Waals surface area contributed by atoms with Crippen LogP contribution < -0.4 is 5.32 Å². The molecule has 5 heteroatoms. The lowest BCUT2D eigenvalue weighted by Crippen LogP contribution is -2.08. The van der Waals surface area contributed by atoms with Crippen LogP contribution in [0.3, 0.4) is 0 Å². The van der Waals surface area contributed by atoms with E-state index in [0.717, 1.165) is 0 Å². The van der Waals surface area contributed by atoms with Crippen LogP contribution in [0.5, 0.6) is 0 Å². The second-order valence-corrected chi connectivity index (χ2v) is 5.21. The second kappa shape index (κ2) is 5.52. The van der Waals surface area contributed by atoms with Gasteiger partial charge in [-0.05, 0) is 19.1 Å². The molecule has 0 aromatic carbocycles. The third-order valence-electron chi connectivity index (χ3n) is 1.89. The first-order valence-corrected chi connectivity index (χ1v) is 6.73. The maximum absolute atomic E-state index is 11.4. The van der Waals surface area contributed by atoms with Crippen molar-refractivity contribution in [3.63, 3.8) is 0 Å². The van der Waals surface area contributed by atoms with Crippen molar-refractivity contribution in [1.29, 1.82) is 0 Å². The summed E-state index contributed by atoms with van der Waals surface area (Å²) in [5.74, 6) is 6.05. The molecule has 0 saturated heterocycles. The summed E-state index contributed by atoms with van der Waals surface area (Å²) in [6.45, 7) is 2.35. The number of sulfone groups is 1. The summed E-state index contributed by atoms with van der Waals surface area (Å²) in [7, 11) is -3.24. The summed E-state index contributed by atoms with van der Waals surface area (Å²) in [6, 6.07) is 3.14. The van der Waals surface area contributed by atoms with E-state index in [2.05, 4.69) is 22.1 Å². The molecule has 0 spiro atoms. The zero-order valence-electron chi connectivity index (χ0n) is 9.32. The van der Waals surface area contributed by atoms with Gasteiger partial charge in [-0.2, -0.15) is 0 Å². The van der Waals surface area contributed by atoms with E-state index in [9.17, 15) is 8.42 Å². The molecule has 1 N–H and O–H groups in total. The number of hydrogen-bond acceptors (Lipinski definition) is 4. The molecule has 0 radical (unpaired) electrons. The molecule has 16 heavy (non-hydrogen) atoms. The van der Waals surface area contributed by atoms with E-state index in [1.54, 1.807) is 19.2 Å². The van der Waals surface area contributed by atoms with Crippen LogP contribution in [-0.2, 0) is 9.84 Å². The number of nitrogens with one attached hydrogen (secondary N) is 1. The van der Waals surface area contributed by atoms with Crippen molar-refractivity contribution in [2.45, 2.75) is 18.2 Å². The number of aromatic nitrogens is 1. The highest BCUT2D eigenvalue weighted by Gasteiger charge is 2.12. The van der Waals surface area contributed by atoms with E-state index >= 15 is 0 Å². The van der Waals surface area contributed by atoms with Gasteiger partial charge < -0.3 is 5.32 Å². The molecular formula is C11H14N2O2S. The van der Waals surface area contributed by atoms with Gasteiger partial charge in [0, 0.05) is 25.4 Å². The Bertz CT molecular complexity index is 512. The number of pyridine rings is 1. The molecule has 0 aliphatic heterocycles. The van der Waals surface area contributed by atoms with Gasteiger partial charge >= 0.3 is 0 Å². The van der Waals surface area contributed by atoms with Crippen molar-refractivity contribution in [3.8, 4) is 11.8 Å². The van der Waals surface area contributed by atoms with E-state index < -0.39 is 9.84 Å². The molecule has 0 bridgehead atoms. The first-order valence-electron chi connectivity index (χ1n) is 4.84. The van der Waals surface area contributed by atoms with Crippen LogP contribution in [0.1, 0.15) is 13.3 Å². The predicted octanol–water partition coefficient (Wildman–Crippen LogP) is 1.31. The summed E-state index contributed by atoms with van der Waals surface area (Å²) in [5.41, 5.74) is 0. The largest absolute Gasteiger partial charge is 0.368 e. The van der Waals surface area contributed by atoms with Crippen molar-refractivity contribution < 1.29 is 8.42 Å². The molecule has 0 amide bonds. The van der Waals surface area contributed by atoms with Gasteiger partial charge in [-0.3, -0.25) is 0 Å². The average Bonchev–Trinajstić information content (AvgIpc) is 2.24. The van der Waals surface area contributed by atoms with Gasteiger partial charge in [0.15, 0.2) is 9.84 Å². The quantitative estimate of drug-likeness (QED) is 0.634. The monoisotopic (exact) mass is 238 g/mol. The number of rotatable bonds is 4. The molecule has 1 aromatic rings. The summed E-state index contributed by atoms with van der Waals surface area (Å²) in [6.07, 6.45) is 3.39. The Labute approximate surface area is 96.0 Å².